The number of ether oxygens (including phenoxy) is 2. The lowest BCUT2D eigenvalue weighted by molar-refractivity contribution is -0.157. The summed E-state index contributed by atoms with van der Waals surface area (Å²) in [7, 11) is 0. The molecule has 3 rings (SSSR count). The summed E-state index contributed by atoms with van der Waals surface area (Å²) < 4.78 is 26.7. The van der Waals surface area contributed by atoms with Gasteiger partial charge in [-0.2, -0.15) is 0 Å². The van der Waals surface area contributed by atoms with Crippen molar-refractivity contribution in [2.45, 2.75) is 43.9 Å². The average Bonchev–Trinajstić information content (AvgIpc) is 2.59. The summed E-state index contributed by atoms with van der Waals surface area (Å²) in [5.74, 6) is -0.148. The highest BCUT2D eigenvalue weighted by molar-refractivity contribution is 9.10. The van der Waals surface area contributed by atoms with Crippen LogP contribution in [0, 0.1) is 5.82 Å². The first kappa shape index (κ1) is 18.3. The summed E-state index contributed by atoms with van der Waals surface area (Å²) in [4.78, 5) is 2.29. The number of aliphatic hydroxyl groups excluding tert-OH is 1. The number of hydrogen-bond acceptors (Lipinski definition) is 4. The second-order valence-corrected chi connectivity index (χ2v) is 7.67. The van der Waals surface area contributed by atoms with Crippen LogP contribution < -0.4 is 0 Å². The van der Waals surface area contributed by atoms with Crippen molar-refractivity contribution < 1.29 is 19.0 Å². The van der Waals surface area contributed by atoms with Gasteiger partial charge in [0.25, 0.3) is 0 Å². The number of nitrogens with zero attached hydrogens (tertiary/aromatic N) is 1. The predicted octanol–water partition coefficient (Wildman–Crippen LogP) is 3.11. The van der Waals surface area contributed by atoms with Crippen LogP contribution in [0.5, 0.6) is 0 Å². The van der Waals surface area contributed by atoms with E-state index < -0.39 is 0 Å². The van der Waals surface area contributed by atoms with Gasteiger partial charge in [-0.3, -0.25) is 4.90 Å². The van der Waals surface area contributed by atoms with Crippen LogP contribution in [0.2, 0.25) is 0 Å². The summed E-state index contributed by atoms with van der Waals surface area (Å²) in [6, 6.07) is 5.10. The van der Waals surface area contributed by atoms with Gasteiger partial charge in [-0.1, -0.05) is 15.9 Å². The van der Waals surface area contributed by atoms with Crippen molar-refractivity contribution in [2.75, 3.05) is 32.9 Å². The number of aliphatic hydroxyl groups is 1. The minimum absolute atomic E-state index is 0.0658. The average molecular weight is 402 g/mol. The number of halogens is 2. The number of benzene rings is 1. The van der Waals surface area contributed by atoms with Crippen molar-refractivity contribution in [3.63, 3.8) is 0 Å². The van der Waals surface area contributed by atoms with Crippen LogP contribution >= 0.6 is 15.9 Å². The molecular weight excluding hydrogens is 377 g/mol. The molecule has 0 radical (unpaired) electrons. The zero-order valence-corrected chi connectivity index (χ0v) is 15.4. The Morgan fingerprint density at radius 2 is 2.17 bits per heavy atom. The lowest BCUT2D eigenvalue weighted by Gasteiger charge is -2.46. The van der Waals surface area contributed by atoms with Crippen molar-refractivity contribution in [1.29, 1.82) is 0 Å². The van der Waals surface area contributed by atoms with E-state index in [1.54, 1.807) is 6.07 Å². The molecule has 1 aromatic rings. The molecular formula is C18H25BrFNO3. The maximum atomic E-state index is 13.9. The first-order valence-corrected chi connectivity index (χ1v) is 9.42. The first-order valence-electron chi connectivity index (χ1n) is 8.63. The molecule has 2 aliphatic heterocycles. The third-order valence-corrected chi connectivity index (χ3v) is 5.55. The van der Waals surface area contributed by atoms with E-state index in [-0.39, 0.29) is 24.1 Å². The van der Waals surface area contributed by atoms with Gasteiger partial charge in [-0.25, -0.2) is 4.39 Å². The molecule has 0 saturated carbocycles. The van der Waals surface area contributed by atoms with Gasteiger partial charge < -0.3 is 14.6 Å². The SMILES string of the molecule is OCCOC1CCOC2(CCN(Cc3cc(Br)ccc3F)CC2)C1. The summed E-state index contributed by atoms with van der Waals surface area (Å²) >= 11 is 3.41. The molecule has 1 atom stereocenters. The molecule has 0 aromatic heterocycles. The van der Waals surface area contributed by atoms with Gasteiger partial charge in [0.2, 0.25) is 0 Å². The summed E-state index contributed by atoms with van der Waals surface area (Å²) in [5, 5.41) is 8.92. The van der Waals surface area contributed by atoms with Gasteiger partial charge in [-0.15, -0.1) is 0 Å². The Morgan fingerprint density at radius 3 is 2.92 bits per heavy atom. The van der Waals surface area contributed by atoms with Crippen LogP contribution in [-0.2, 0) is 16.0 Å². The molecule has 2 aliphatic rings. The molecule has 0 aliphatic carbocycles. The quantitative estimate of drug-likeness (QED) is 0.822. The molecule has 1 aromatic carbocycles. The second-order valence-electron chi connectivity index (χ2n) is 6.75. The van der Waals surface area contributed by atoms with E-state index in [1.165, 1.54) is 6.07 Å². The van der Waals surface area contributed by atoms with Gasteiger partial charge in [0.05, 0.1) is 24.9 Å². The van der Waals surface area contributed by atoms with Crippen molar-refractivity contribution >= 4 is 15.9 Å². The minimum atomic E-state index is -0.148. The topological polar surface area (TPSA) is 41.9 Å². The fourth-order valence-electron chi connectivity index (χ4n) is 3.72. The fraction of sp³-hybridized carbons (Fsp3) is 0.667. The van der Waals surface area contributed by atoms with Crippen LogP contribution in [0.15, 0.2) is 22.7 Å². The molecule has 2 fully saturated rings. The summed E-state index contributed by atoms with van der Waals surface area (Å²) in [5.41, 5.74) is 0.624. The maximum Gasteiger partial charge on any atom is 0.127 e. The third kappa shape index (κ3) is 4.55. The summed E-state index contributed by atoms with van der Waals surface area (Å²) in [6.07, 6.45) is 3.87. The molecule has 1 unspecified atom stereocenters. The highest BCUT2D eigenvalue weighted by Gasteiger charge is 2.40. The van der Waals surface area contributed by atoms with Crippen LogP contribution in [0.4, 0.5) is 4.39 Å². The molecule has 1 N–H and O–H groups in total. The molecule has 0 amide bonds. The predicted molar refractivity (Wildman–Crippen MR) is 93.4 cm³/mol. The van der Waals surface area contributed by atoms with E-state index in [2.05, 4.69) is 20.8 Å². The molecule has 6 heteroatoms. The lowest BCUT2D eigenvalue weighted by atomic mass is 9.83. The molecule has 4 nitrogen and oxygen atoms in total. The zero-order valence-electron chi connectivity index (χ0n) is 13.8. The first-order chi connectivity index (χ1) is 11.6. The number of hydrogen-bond donors (Lipinski definition) is 1. The smallest absolute Gasteiger partial charge is 0.127 e. The molecule has 134 valence electrons. The maximum absolute atomic E-state index is 13.9. The largest absolute Gasteiger partial charge is 0.394 e. The molecule has 0 bridgehead atoms. The standard InChI is InChI=1S/C18H25BrFNO3/c19-15-1-2-17(20)14(11-15)13-21-6-4-18(5-7-21)12-16(3-9-24-18)23-10-8-22/h1-2,11,16,22H,3-10,12-13H2. The Morgan fingerprint density at radius 1 is 1.38 bits per heavy atom. The highest BCUT2D eigenvalue weighted by Crippen LogP contribution is 2.36. The molecule has 2 saturated heterocycles. The van der Waals surface area contributed by atoms with Gasteiger partial charge in [0.1, 0.15) is 5.82 Å². The van der Waals surface area contributed by atoms with Crippen molar-refractivity contribution in [1.82, 2.24) is 4.90 Å². The minimum Gasteiger partial charge on any atom is -0.394 e. The van der Waals surface area contributed by atoms with Gasteiger partial charge >= 0.3 is 0 Å². The number of piperidine rings is 1. The lowest BCUT2D eigenvalue weighted by Crippen LogP contribution is -2.50. The Balaban J connectivity index is 1.54. The highest BCUT2D eigenvalue weighted by atomic mass is 79.9. The third-order valence-electron chi connectivity index (χ3n) is 5.06. The van der Waals surface area contributed by atoms with E-state index in [4.69, 9.17) is 14.6 Å². The van der Waals surface area contributed by atoms with Crippen LogP contribution in [0.1, 0.15) is 31.2 Å². The fourth-order valence-corrected chi connectivity index (χ4v) is 4.13. The Bertz CT molecular complexity index is 549. The number of likely N-dealkylation sites (tertiary alicyclic amines) is 1. The van der Waals surface area contributed by atoms with E-state index in [1.807, 2.05) is 6.07 Å². The normalized spacial score (nSPS) is 24.4. The van der Waals surface area contributed by atoms with Crippen molar-refractivity contribution in [2.24, 2.45) is 0 Å². The Kier molecular flexibility index (Phi) is 6.27. The Labute approximate surface area is 151 Å². The van der Waals surface area contributed by atoms with Crippen LogP contribution in [0.3, 0.4) is 0 Å². The molecule has 1 spiro atoms. The van der Waals surface area contributed by atoms with Crippen LogP contribution in [-0.4, -0.2) is 54.6 Å². The van der Waals surface area contributed by atoms with Crippen LogP contribution in [0.25, 0.3) is 0 Å². The zero-order chi connectivity index (χ0) is 17.0. The second kappa shape index (κ2) is 8.23. The van der Waals surface area contributed by atoms with Gasteiger partial charge in [-0.05, 0) is 37.5 Å². The van der Waals surface area contributed by atoms with E-state index in [0.717, 1.165) is 55.4 Å². The van der Waals surface area contributed by atoms with Gasteiger partial charge in [0, 0.05) is 42.7 Å². The monoisotopic (exact) mass is 401 g/mol. The van der Waals surface area contributed by atoms with E-state index in [0.29, 0.717) is 13.2 Å². The number of rotatable bonds is 5. The van der Waals surface area contributed by atoms with Crippen molar-refractivity contribution in [3.05, 3.63) is 34.1 Å². The van der Waals surface area contributed by atoms with E-state index >= 15 is 0 Å². The van der Waals surface area contributed by atoms with Gasteiger partial charge in [0.15, 0.2) is 0 Å². The molecule has 2 heterocycles. The summed E-state index contributed by atoms with van der Waals surface area (Å²) in [6.45, 7) is 3.62. The molecule has 24 heavy (non-hydrogen) atoms. The van der Waals surface area contributed by atoms with E-state index in [9.17, 15) is 4.39 Å². The Hall–Kier alpha value is -0.530. The van der Waals surface area contributed by atoms with Crippen molar-refractivity contribution in [3.8, 4) is 0 Å².